The van der Waals surface area contributed by atoms with Crippen LogP contribution in [-0.4, -0.2) is 19.0 Å². The Labute approximate surface area is 154 Å². The third-order valence-corrected chi connectivity index (χ3v) is 5.27. The molecule has 1 fully saturated rings. The molecule has 3 rings (SSSR count). The van der Waals surface area contributed by atoms with Gasteiger partial charge in [-0.2, -0.15) is 0 Å². The van der Waals surface area contributed by atoms with Crippen LogP contribution in [0.4, 0.5) is 5.69 Å². The lowest BCUT2D eigenvalue weighted by Gasteiger charge is -2.48. The van der Waals surface area contributed by atoms with E-state index in [4.69, 9.17) is 4.74 Å². The summed E-state index contributed by atoms with van der Waals surface area (Å²) in [6.07, 6.45) is 2.37. The predicted molar refractivity (Wildman–Crippen MR) is 102 cm³/mol. The molecule has 0 aliphatic carbocycles. The SMILES string of the molecule is CCC[C@]1(C(=O)OC)CCC(=O)N(c2ccccc2)[C@H]1c1ccccc1. The number of ether oxygens (including phenoxy) is 1. The van der Waals surface area contributed by atoms with E-state index in [1.165, 1.54) is 7.11 Å². The number of hydrogen-bond acceptors (Lipinski definition) is 3. The van der Waals surface area contributed by atoms with Crippen molar-refractivity contribution in [2.45, 2.75) is 38.6 Å². The van der Waals surface area contributed by atoms with Crippen molar-refractivity contribution in [1.82, 2.24) is 0 Å². The molecule has 1 aliphatic rings. The second-order valence-corrected chi connectivity index (χ2v) is 6.81. The number of nitrogens with zero attached hydrogens (tertiary/aromatic N) is 1. The maximum Gasteiger partial charge on any atom is 0.314 e. The van der Waals surface area contributed by atoms with E-state index in [9.17, 15) is 9.59 Å². The first-order chi connectivity index (χ1) is 12.6. The number of esters is 1. The molecule has 0 radical (unpaired) electrons. The second-order valence-electron chi connectivity index (χ2n) is 6.81. The van der Waals surface area contributed by atoms with Crippen LogP contribution in [-0.2, 0) is 14.3 Å². The lowest BCUT2D eigenvalue weighted by molar-refractivity contribution is -0.157. The number of carbonyl (C=O) groups excluding carboxylic acids is 2. The molecule has 136 valence electrons. The molecule has 0 saturated carbocycles. The third kappa shape index (κ3) is 3.12. The van der Waals surface area contributed by atoms with Gasteiger partial charge in [0.05, 0.1) is 18.6 Å². The normalized spacial score (nSPS) is 22.9. The number of benzene rings is 2. The first-order valence-corrected chi connectivity index (χ1v) is 9.14. The van der Waals surface area contributed by atoms with Crippen LogP contribution >= 0.6 is 0 Å². The molecule has 1 amide bonds. The van der Waals surface area contributed by atoms with Gasteiger partial charge in [-0.25, -0.2) is 0 Å². The van der Waals surface area contributed by atoms with Crippen molar-refractivity contribution in [1.29, 1.82) is 0 Å². The monoisotopic (exact) mass is 351 g/mol. The Balaban J connectivity index is 2.21. The summed E-state index contributed by atoms with van der Waals surface area (Å²) in [5.41, 5.74) is 1.04. The minimum Gasteiger partial charge on any atom is -0.469 e. The molecule has 0 unspecified atom stereocenters. The zero-order valence-corrected chi connectivity index (χ0v) is 15.4. The van der Waals surface area contributed by atoms with Crippen molar-refractivity contribution in [3.8, 4) is 0 Å². The molecule has 1 heterocycles. The van der Waals surface area contributed by atoms with Gasteiger partial charge in [-0.05, 0) is 30.5 Å². The van der Waals surface area contributed by atoms with Gasteiger partial charge in [0.15, 0.2) is 0 Å². The van der Waals surface area contributed by atoms with E-state index in [-0.39, 0.29) is 17.9 Å². The van der Waals surface area contributed by atoms with E-state index < -0.39 is 5.41 Å². The zero-order chi connectivity index (χ0) is 18.6. The highest BCUT2D eigenvalue weighted by Gasteiger charge is 2.53. The average Bonchev–Trinajstić information content (AvgIpc) is 2.70. The summed E-state index contributed by atoms with van der Waals surface area (Å²) in [4.78, 5) is 27.7. The molecule has 4 nitrogen and oxygen atoms in total. The van der Waals surface area contributed by atoms with Gasteiger partial charge < -0.3 is 9.64 Å². The molecule has 0 spiro atoms. The van der Waals surface area contributed by atoms with Crippen LogP contribution in [0.15, 0.2) is 60.7 Å². The minimum atomic E-state index is -0.741. The van der Waals surface area contributed by atoms with Crippen molar-refractivity contribution >= 4 is 17.6 Å². The molecule has 2 atom stereocenters. The number of anilines is 1. The fraction of sp³-hybridized carbons (Fsp3) is 0.364. The highest BCUT2D eigenvalue weighted by molar-refractivity contribution is 5.97. The summed E-state index contributed by atoms with van der Waals surface area (Å²) in [5.74, 6) is -0.192. The molecule has 0 bridgehead atoms. The zero-order valence-electron chi connectivity index (χ0n) is 15.4. The fourth-order valence-corrected chi connectivity index (χ4v) is 4.19. The van der Waals surface area contributed by atoms with Crippen LogP contribution in [0.1, 0.15) is 44.2 Å². The highest BCUT2D eigenvalue weighted by Crippen LogP contribution is 2.51. The first-order valence-electron chi connectivity index (χ1n) is 9.14. The Bertz CT molecular complexity index is 759. The van der Waals surface area contributed by atoms with E-state index in [2.05, 4.69) is 6.92 Å². The van der Waals surface area contributed by atoms with Crippen molar-refractivity contribution in [2.24, 2.45) is 5.41 Å². The minimum absolute atomic E-state index is 0.0423. The Morgan fingerprint density at radius 3 is 2.31 bits per heavy atom. The van der Waals surface area contributed by atoms with Crippen LogP contribution < -0.4 is 4.90 Å². The number of carbonyl (C=O) groups is 2. The summed E-state index contributed by atoms with van der Waals surface area (Å²) >= 11 is 0. The van der Waals surface area contributed by atoms with Crippen molar-refractivity contribution < 1.29 is 14.3 Å². The molecule has 2 aromatic rings. The number of methoxy groups -OCH3 is 1. The maximum atomic E-state index is 13.0. The number of rotatable bonds is 5. The van der Waals surface area contributed by atoms with Gasteiger partial charge in [-0.1, -0.05) is 61.9 Å². The van der Waals surface area contributed by atoms with Crippen LogP contribution in [0.3, 0.4) is 0 Å². The smallest absolute Gasteiger partial charge is 0.314 e. The topological polar surface area (TPSA) is 46.6 Å². The van der Waals surface area contributed by atoms with Crippen LogP contribution in [0.5, 0.6) is 0 Å². The van der Waals surface area contributed by atoms with Crippen molar-refractivity contribution in [3.63, 3.8) is 0 Å². The van der Waals surface area contributed by atoms with E-state index in [1.807, 2.05) is 60.7 Å². The summed E-state index contributed by atoms with van der Waals surface area (Å²) in [7, 11) is 1.44. The molecule has 1 saturated heterocycles. The molecular formula is C22H25NO3. The number of para-hydroxylation sites is 1. The summed E-state index contributed by atoms with van der Waals surface area (Å²) in [5, 5.41) is 0. The third-order valence-electron chi connectivity index (χ3n) is 5.27. The largest absolute Gasteiger partial charge is 0.469 e. The standard InChI is InChI=1S/C22H25NO3/c1-3-15-22(21(25)26-2)16-14-19(24)23(18-12-8-5-9-13-18)20(22)17-10-6-4-7-11-17/h4-13,20H,3,14-16H2,1-2H3/t20-,22-/m0/s1. The lowest BCUT2D eigenvalue weighted by atomic mass is 9.67. The Hall–Kier alpha value is -2.62. The van der Waals surface area contributed by atoms with Gasteiger partial charge in [-0.3, -0.25) is 9.59 Å². The summed E-state index contributed by atoms with van der Waals surface area (Å²) < 4.78 is 5.24. The maximum absolute atomic E-state index is 13.0. The quantitative estimate of drug-likeness (QED) is 0.744. The Kier molecular flexibility index (Phi) is 5.40. The van der Waals surface area contributed by atoms with Gasteiger partial charge in [0, 0.05) is 12.1 Å². The van der Waals surface area contributed by atoms with Gasteiger partial charge in [-0.15, -0.1) is 0 Å². The second kappa shape index (κ2) is 7.73. The molecule has 26 heavy (non-hydrogen) atoms. The van der Waals surface area contributed by atoms with Gasteiger partial charge >= 0.3 is 5.97 Å². The van der Waals surface area contributed by atoms with Crippen LogP contribution in [0, 0.1) is 5.41 Å². The van der Waals surface area contributed by atoms with E-state index in [1.54, 1.807) is 4.90 Å². The van der Waals surface area contributed by atoms with Gasteiger partial charge in [0.2, 0.25) is 5.91 Å². The van der Waals surface area contributed by atoms with Crippen molar-refractivity contribution in [3.05, 3.63) is 66.2 Å². The van der Waals surface area contributed by atoms with E-state index in [0.29, 0.717) is 19.3 Å². The van der Waals surface area contributed by atoms with Crippen molar-refractivity contribution in [2.75, 3.05) is 12.0 Å². The molecule has 0 aromatic heterocycles. The summed E-state index contributed by atoms with van der Waals surface area (Å²) in [6.45, 7) is 2.07. The molecule has 1 aliphatic heterocycles. The summed E-state index contributed by atoms with van der Waals surface area (Å²) in [6, 6.07) is 19.1. The Morgan fingerprint density at radius 1 is 1.12 bits per heavy atom. The predicted octanol–water partition coefficient (Wildman–Crippen LogP) is 4.51. The van der Waals surface area contributed by atoms with Crippen LogP contribution in [0.25, 0.3) is 0 Å². The van der Waals surface area contributed by atoms with E-state index in [0.717, 1.165) is 17.7 Å². The first kappa shape index (κ1) is 18.2. The van der Waals surface area contributed by atoms with Gasteiger partial charge in [0.25, 0.3) is 0 Å². The molecule has 4 heteroatoms. The average molecular weight is 351 g/mol. The number of hydrogen-bond donors (Lipinski definition) is 0. The molecule has 0 N–H and O–H groups in total. The Morgan fingerprint density at radius 2 is 1.73 bits per heavy atom. The molecule has 2 aromatic carbocycles. The van der Waals surface area contributed by atoms with Crippen LogP contribution in [0.2, 0.25) is 0 Å². The fourth-order valence-electron chi connectivity index (χ4n) is 4.19. The van der Waals surface area contributed by atoms with Gasteiger partial charge in [0.1, 0.15) is 0 Å². The highest BCUT2D eigenvalue weighted by atomic mass is 16.5. The number of piperidine rings is 1. The molecular weight excluding hydrogens is 326 g/mol. The lowest BCUT2D eigenvalue weighted by Crippen LogP contribution is -2.53. The number of amides is 1. The van der Waals surface area contributed by atoms with E-state index >= 15 is 0 Å².